The minimum atomic E-state index is -0.528. The zero-order valence-corrected chi connectivity index (χ0v) is 19.5. The summed E-state index contributed by atoms with van der Waals surface area (Å²) in [4.78, 5) is 22.0. The van der Waals surface area contributed by atoms with Crippen molar-refractivity contribution < 1.29 is 9.90 Å². The van der Waals surface area contributed by atoms with Crippen LogP contribution in [0.25, 0.3) is 5.57 Å². The number of nitrogens with zero attached hydrogens (tertiary/aromatic N) is 2. The van der Waals surface area contributed by atoms with Crippen LogP contribution in [0.2, 0.25) is 0 Å². The van der Waals surface area contributed by atoms with Gasteiger partial charge in [0.2, 0.25) is 0 Å². The number of nitrogen functional groups attached to an aromatic ring is 1. The van der Waals surface area contributed by atoms with E-state index in [2.05, 4.69) is 27.4 Å². The van der Waals surface area contributed by atoms with Gasteiger partial charge in [0.25, 0.3) is 0 Å². The molecule has 0 saturated carbocycles. The van der Waals surface area contributed by atoms with Crippen molar-refractivity contribution in [2.75, 3.05) is 18.8 Å². The molecule has 4 rings (SSSR count). The fraction of sp³-hybridized carbons (Fsp3) is 0.308. The summed E-state index contributed by atoms with van der Waals surface area (Å²) in [6, 6.07) is 15.0. The number of aromatic nitrogens is 1. The van der Waals surface area contributed by atoms with E-state index in [1.807, 2.05) is 45.0 Å². The molecule has 0 aliphatic carbocycles. The van der Waals surface area contributed by atoms with Crippen LogP contribution >= 0.6 is 11.3 Å². The van der Waals surface area contributed by atoms with Crippen LogP contribution in [-0.2, 0) is 11.2 Å². The van der Waals surface area contributed by atoms with E-state index in [4.69, 9.17) is 5.73 Å². The highest BCUT2D eigenvalue weighted by Gasteiger charge is 2.45. The van der Waals surface area contributed by atoms with Crippen LogP contribution in [0.4, 0.5) is 5.69 Å². The minimum Gasteiger partial charge on any atom is -0.506 e. The Morgan fingerprint density at radius 1 is 1.25 bits per heavy atom. The number of carbonyl (C=O) groups is 1. The molecule has 1 fully saturated rings. The van der Waals surface area contributed by atoms with Gasteiger partial charge < -0.3 is 10.8 Å². The van der Waals surface area contributed by atoms with E-state index in [-0.39, 0.29) is 17.6 Å². The third-order valence-corrected chi connectivity index (χ3v) is 7.08. The first-order valence-corrected chi connectivity index (χ1v) is 11.7. The van der Waals surface area contributed by atoms with Crippen molar-refractivity contribution in [1.29, 1.82) is 0 Å². The molecule has 32 heavy (non-hydrogen) atoms. The molecule has 2 aromatic heterocycles. The lowest BCUT2D eigenvalue weighted by atomic mass is 9.73. The smallest absolute Gasteiger partial charge is 0.167 e. The molecular weight excluding hydrogens is 418 g/mol. The van der Waals surface area contributed by atoms with Gasteiger partial charge in [-0.1, -0.05) is 32.0 Å². The van der Waals surface area contributed by atoms with Crippen LogP contribution in [0, 0.1) is 5.41 Å². The van der Waals surface area contributed by atoms with Gasteiger partial charge in [-0.25, -0.2) is 0 Å². The van der Waals surface area contributed by atoms with E-state index in [1.165, 1.54) is 4.88 Å². The fourth-order valence-corrected chi connectivity index (χ4v) is 5.18. The summed E-state index contributed by atoms with van der Waals surface area (Å²) in [5.74, 6) is 0.179. The van der Waals surface area contributed by atoms with Crippen LogP contribution < -0.4 is 5.73 Å². The van der Waals surface area contributed by atoms with Gasteiger partial charge in [-0.15, -0.1) is 11.3 Å². The van der Waals surface area contributed by atoms with Gasteiger partial charge >= 0.3 is 0 Å². The Balaban J connectivity index is 1.86. The van der Waals surface area contributed by atoms with Gasteiger partial charge in [0, 0.05) is 35.2 Å². The molecule has 0 amide bonds. The molecule has 1 aliphatic rings. The molecule has 0 bridgehead atoms. The monoisotopic (exact) mass is 447 g/mol. The molecule has 1 saturated heterocycles. The number of thiophene rings is 1. The molecule has 0 spiro atoms. The van der Waals surface area contributed by atoms with Gasteiger partial charge in [0.05, 0.1) is 17.4 Å². The topological polar surface area (TPSA) is 79.5 Å². The SMILES string of the molecule is C/C(=C1/C(=O)C(C)(C)CN(CCc2cccs2)C1c1ccc(O)c(N)c1)c1ccccn1. The second kappa shape index (κ2) is 8.88. The first-order chi connectivity index (χ1) is 15.3. The maximum absolute atomic E-state index is 13.8. The molecular formula is C26H29N3O2S. The average Bonchev–Trinajstić information content (AvgIpc) is 3.30. The predicted octanol–water partition coefficient (Wildman–Crippen LogP) is 5.10. The largest absolute Gasteiger partial charge is 0.506 e. The second-order valence-corrected chi connectivity index (χ2v) is 10.0. The van der Waals surface area contributed by atoms with E-state index in [1.54, 1.807) is 29.7 Å². The lowest BCUT2D eigenvalue weighted by Crippen LogP contribution is -2.50. The van der Waals surface area contributed by atoms with Gasteiger partial charge in [-0.05, 0) is 60.2 Å². The Kier molecular flexibility index (Phi) is 6.17. The summed E-state index contributed by atoms with van der Waals surface area (Å²) in [6.45, 7) is 7.45. The first-order valence-electron chi connectivity index (χ1n) is 10.8. The number of hydrogen-bond acceptors (Lipinski definition) is 6. The maximum Gasteiger partial charge on any atom is 0.167 e. The first kappa shape index (κ1) is 22.2. The number of rotatable bonds is 5. The van der Waals surface area contributed by atoms with Crippen LogP contribution in [0.5, 0.6) is 5.75 Å². The van der Waals surface area contributed by atoms with Crippen molar-refractivity contribution in [2.24, 2.45) is 5.41 Å². The molecule has 5 nitrogen and oxygen atoms in total. The number of phenolic OH excluding ortho intramolecular Hbond substituents is 1. The third kappa shape index (κ3) is 4.33. The standard InChI is InChI=1S/C26H29N3O2S/c1-17(21-8-4-5-12-28-21)23-24(18-9-10-22(30)20(27)15-18)29(16-26(2,3)25(23)31)13-11-19-7-6-14-32-19/h4-10,12,14-15,24,30H,11,13,16,27H2,1-3H3/b23-17-. The molecule has 166 valence electrons. The number of Topliss-reactive ketones (excluding diaryl/α,β-unsaturated/α-hetero) is 1. The Labute approximate surface area is 193 Å². The maximum atomic E-state index is 13.8. The van der Waals surface area contributed by atoms with Crippen LogP contribution in [0.3, 0.4) is 0 Å². The number of nitrogens with two attached hydrogens (primary N) is 1. The highest BCUT2D eigenvalue weighted by atomic mass is 32.1. The number of likely N-dealkylation sites (tertiary alicyclic amines) is 1. The van der Waals surface area contributed by atoms with Gasteiger partial charge in [0.1, 0.15) is 5.75 Å². The zero-order valence-electron chi connectivity index (χ0n) is 18.7. The number of benzene rings is 1. The van der Waals surface area contributed by atoms with Crippen LogP contribution in [0.15, 0.2) is 65.7 Å². The van der Waals surface area contributed by atoms with Gasteiger partial charge in [0.15, 0.2) is 5.78 Å². The number of phenols is 1. The van der Waals surface area contributed by atoms with Crippen molar-refractivity contribution in [2.45, 2.75) is 33.2 Å². The molecule has 3 heterocycles. The summed E-state index contributed by atoms with van der Waals surface area (Å²) in [5, 5.41) is 12.1. The molecule has 0 radical (unpaired) electrons. The van der Waals surface area contributed by atoms with E-state index in [0.717, 1.165) is 35.4 Å². The number of allylic oxidation sites excluding steroid dienone is 1. The lowest BCUT2D eigenvalue weighted by molar-refractivity contribution is -0.128. The highest BCUT2D eigenvalue weighted by molar-refractivity contribution is 7.09. The zero-order chi connectivity index (χ0) is 22.9. The van der Waals surface area contributed by atoms with Crippen molar-refractivity contribution in [1.82, 2.24) is 9.88 Å². The van der Waals surface area contributed by atoms with Crippen molar-refractivity contribution in [3.05, 3.63) is 81.8 Å². The van der Waals surface area contributed by atoms with Crippen LogP contribution in [-0.4, -0.2) is 33.9 Å². The fourth-order valence-electron chi connectivity index (χ4n) is 4.48. The number of anilines is 1. The number of piperidine rings is 1. The highest BCUT2D eigenvalue weighted by Crippen LogP contribution is 2.44. The van der Waals surface area contributed by atoms with Crippen molar-refractivity contribution >= 4 is 28.4 Å². The molecule has 1 aromatic carbocycles. The Morgan fingerprint density at radius 3 is 2.72 bits per heavy atom. The van der Waals surface area contributed by atoms with E-state index in [9.17, 15) is 9.90 Å². The number of ketones is 1. The molecule has 3 aromatic rings. The van der Waals surface area contributed by atoms with Gasteiger partial charge in [-0.2, -0.15) is 0 Å². The Morgan fingerprint density at radius 2 is 2.06 bits per heavy atom. The third-order valence-electron chi connectivity index (χ3n) is 6.14. The molecule has 1 atom stereocenters. The van der Waals surface area contributed by atoms with Crippen molar-refractivity contribution in [3.63, 3.8) is 0 Å². The number of hydrogen-bond donors (Lipinski definition) is 2. The summed E-state index contributed by atoms with van der Waals surface area (Å²) >= 11 is 1.75. The lowest BCUT2D eigenvalue weighted by Gasteiger charge is -2.45. The molecule has 1 aliphatic heterocycles. The Bertz CT molecular complexity index is 1140. The minimum absolute atomic E-state index is 0.0494. The number of carbonyl (C=O) groups excluding carboxylic acids is 1. The molecule has 6 heteroatoms. The van der Waals surface area contributed by atoms with Gasteiger partial charge in [-0.3, -0.25) is 14.7 Å². The number of pyridine rings is 1. The second-order valence-electron chi connectivity index (χ2n) is 8.99. The summed E-state index contributed by atoms with van der Waals surface area (Å²) in [7, 11) is 0. The van der Waals surface area contributed by atoms with Crippen molar-refractivity contribution in [3.8, 4) is 5.75 Å². The Hall–Kier alpha value is -2.96. The summed E-state index contributed by atoms with van der Waals surface area (Å²) in [6.07, 6.45) is 2.65. The molecule has 1 unspecified atom stereocenters. The van der Waals surface area contributed by atoms with E-state index >= 15 is 0 Å². The predicted molar refractivity (Wildman–Crippen MR) is 130 cm³/mol. The van der Waals surface area contributed by atoms with Crippen LogP contribution in [0.1, 0.15) is 42.9 Å². The average molecular weight is 448 g/mol. The molecule has 3 N–H and O–H groups in total. The number of aromatic hydroxyl groups is 1. The summed E-state index contributed by atoms with van der Waals surface area (Å²) < 4.78 is 0. The van der Waals surface area contributed by atoms with E-state index in [0.29, 0.717) is 12.2 Å². The van der Waals surface area contributed by atoms with E-state index < -0.39 is 5.41 Å². The summed E-state index contributed by atoms with van der Waals surface area (Å²) in [5.41, 5.74) is 9.17. The normalized spacial score (nSPS) is 20.3. The quantitative estimate of drug-likeness (QED) is 0.323.